The molecule has 1 heterocycles. The summed E-state index contributed by atoms with van der Waals surface area (Å²) >= 11 is 0. The molecule has 1 aromatic rings. The number of benzene rings is 1. The van der Waals surface area contributed by atoms with Crippen molar-refractivity contribution in [2.45, 2.75) is 19.3 Å². The number of carbonyl (C=O) groups excluding carboxylic acids is 3. The van der Waals surface area contributed by atoms with E-state index in [1.807, 2.05) is 12.1 Å². The Morgan fingerprint density at radius 3 is 2.20 bits per heavy atom. The number of hydrogen-bond acceptors (Lipinski definition) is 5. The van der Waals surface area contributed by atoms with Gasteiger partial charge in [-0.05, 0) is 30.5 Å². The smallest absolute Gasteiger partial charge is 0.409 e. The molecule has 2 rings (SSSR count). The molecule has 0 radical (unpaired) electrons. The number of esters is 1. The fourth-order valence-corrected chi connectivity index (χ4v) is 2.81. The summed E-state index contributed by atoms with van der Waals surface area (Å²) in [5.41, 5.74) is 1.49. The number of aryl methyl sites for hydroxylation is 1. The molecular weight excluding hydrogens is 324 g/mol. The summed E-state index contributed by atoms with van der Waals surface area (Å²) in [6.45, 7) is 2.26. The van der Waals surface area contributed by atoms with Crippen LogP contribution in [0.2, 0.25) is 0 Å². The van der Waals surface area contributed by atoms with Gasteiger partial charge < -0.3 is 19.3 Å². The van der Waals surface area contributed by atoms with Gasteiger partial charge in [-0.25, -0.2) is 9.59 Å². The minimum Gasteiger partial charge on any atom is -0.465 e. The normalized spacial score (nSPS) is 14.6. The third-order valence-corrected chi connectivity index (χ3v) is 4.28. The molecule has 0 aliphatic carbocycles. The average Bonchev–Trinajstić information content (AvgIpc) is 2.91. The lowest BCUT2D eigenvalue weighted by Gasteiger charge is -2.21. The van der Waals surface area contributed by atoms with Crippen LogP contribution in [-0.4, -0.2) is 68.2 Å². The first-order valence-corrected chi connectivity index (χ1v) is 8.33. The topological polar surface area (TPSA) is 76.2 Å². The Bertz CT molecular complexity index is 614. The summed E-state index contributed by atoms with van der Waals surface area (Å²) in [5.74, 6) is -0.300. The monoisotopic (exact) mass is 348 g/mol. The molecule has 0 N–H and O–H groups in total. The van der Waals surface area contributed by atoms with E-state index in [9.17, 15) is 14.4 Å². The van der Waals surface area contributed by atoms with Gasteiger partial charge in [-0.2, -0.15) is 0 Å². The van der Waals surface area contributed by atoms with E-state index in [-0.39, 0.29) is 18.0 Å². The molecule has 1 fully saturated rings. The summed E-state index contributed by atoms with van der Waals surface area (Å²) in [5, 5.41) is 0. The Morgan fingerprint density at radius 1 is 0.920 bits per heavy atom. The van der Waals surface area contributed by atoms with E-state index < -0.39 is 0 Å². The zero-order chi connectivity index (χ0) is 18.2. The van der Waals surface area contributed by atoms with E-state index >= 15 is 0 Å². The fraction of sp³-hybridized carbons (Fsp3) is 0.500. The van der Waals surface area contributed by atoms with Crippen molar-refractivity contribution in [1.29, 1.82) is 0 Å². The molecule has 1 aliphatic rings. The van der Waals surface area contributed by atoms with Crippen LogP contribution in [0.3, 0.4) is 0 Å². The SMILES string of the molecule is COC(=O)c1ccc(CCC(=O)N2CCCN(C(=O)OC)CC2)cc1. The van der Waals surface area contributed by atoms with Crippen molar-refractivity contribution in [3.8, 4) is 0 Å². The number of ether oxygens (including phenoxy) is 2. The Balaban J connectivity index is 1.83. The zero-order valence-electron chi connectivity index (χ0n) is 14.7. The van der Waals surface area contributed by atoms with E-state index in [1.54, 1.807) is 21.9 Å². The number of carbonyl (C=O) groups is 3. The molecule has 0 atom stereocenters. The molecular formula is C18H24N2O5. The van der Waals surface area contributed by atoms with E-state index in [2.05, 4.69) is 4.74 Å². The highest BCUT2D eigenvalue weighted by molar-refractivity contribution is 5.89. The van der Waals surface area contributed by atoms with Crippen molar-refractivity contribution in [2.75, 3.05) is 40.4 Å². The second-order valence-electron chi connectivity index (χ2n) is 5.88. The van der Waals surface area contributed by atoms with Gasteiger partial charge in [0.25, 0.3) is 0 Å². The summed E-state index contributed by atoms with van der Waals surface area (Å²) in [7, 11) is 2.71. The summed E-state index contributed by atoms with van der Waals surface area (Å²) in [6.07, 6.45) is 1.40. The van der Waals surface area contributed by atoms with Crippen LogP contribution in [0.4, 0.5) is 4.79 Å². The van der Waals surface area contributed by atoms with Gasteiger partial charge in [-0.15, -0.1) is 0 Å². The number of amides is 2. The molecule has 0 unspecified atom stereocenters. The molecule has 1 saturated heterocycles. The van der Waals surface area contributed by atoms with Crippen LogP contribution in [0, 0.1) is 0 Å². The summed E-state index contributed by atoms with van der Waals surface area (Å²) in [6, 6.07) is 7.07. The molecule has 1 aromatic carbocycles. The van der Waals surface area contributed by atoms with Crippen LogP contribution in [0.25, 0.3) is 0 Å². The first-order chi connectivity index (χ1) is 12.0. The molecule has 0 aromatic heterocycles. The van der Waals surface area contributed by atoms with Crippen molar-refractivity contribution >= 4 is 18.0 Å². The van der Waals surface area contributed by atoms with Gasteiger partial charge in [0.15, 0.2) is 0 Å². The Labute approximate surface area is 147 Å². The maximum absolute atomic E-state index is 12.4. The number of methoxy groups -OCH3 is 2. The fourth-order valence-electron chi connectivity index (χ4n) is 2.81. The number of nitrogens with zero attached hydrogens (tertiary/aromatic N) is 2. The van der Waals surface area contributed by atoms with Crippen LogP contribution in [-0.2, 0) is 20.7 Å². The Morgan fingerprint density at radius 2 is 1.56 bits per heavy atom. The second kappa shape index (κ2) is 9.05. The minimum absolute atomic E-state index is 0.0729. The Kier molecular flexibility index (Phi) is 6.80. The molecule has 0 saturated carbocycles. The third kappa shape index (κ3) is 5.20. The van der Waals surface area contributed by atoms with Crippen molar-refractivity contribution < 1.29 is 23.9 Å². The van der Waals surface area contributed by atoms with Crippen LogP contribution < -0.4 is 0 Å². The highest BCUT2D eigenvalue weighted by atomic mass is 16.5. The highest BCUT2D eigenvalue weighted by Crippen LogP contribution is 2.11. The van der Waals surface area contributed by atoms with Gasteiger partial charge in [-0.3, -0.25) is 4.79 Å². The molecule has 136 valence electrons. The van der Waals surface area contributed by atoms with Gasteiger partial charge >= 0.3 is 12.1 Å². The first-order valence-electron chi connectivity index (χ1n) is 8.33. The van der Waals surface area contributed by atoms with Gasteiger partial charge in [0, 0.05) is 32.6 Å². The van der Waals surface area contributed by atoms with Crippen molar-refractivity contribution in [2.24, 2.45) is 0 Å². The van der Waals surface area contributed by atoms with Gasteiger partial charge in [0.1, 0.15) is 0 Å². The lowest BCUT2D eigenvalue weighted by atomic mass is 10.1. The molecule has 7 heteroatoms. The van der Waals surface area contributed by atoms with E-state index in [0.717, 1.165) is 12.0 Å². The summed E-state index contributed by atoms with van der Waals surface area (Å²) < 4.78 is 9.39. The van der Waals surface area contributed by atoms with Gasteiger partial charge in [0.05, 0.1) is 19.8 Å². The van der Waals surface area contributed by atoms with Crippen LogP contribution in [0.1, 0.15) is 28.8 Å². The summed E-state index contributed by atoms with van der Waals surface area (Å²) in [4.78, 5) is 38.8. The average molecular weight is 348 g/mol. The van der Waals surface area contributed by atoms with E-state index in [4.69, 9.17) is 4.74 Å². The van der Waals surface area contributed by atoms with Crippen LogP contribution in [0.15, 0.2) is 24.3 Å². The van der Waals surface area contributed by atoms with Gasteiger partial charge in [0.2, 0.25) is 5.91 Å². The number of hydrogen-bond donors (Lipinski definition) is 0. The van der Waals surface area contributed by atoms with Crippen LogP contribution >= 0.6 is 0 Å². The first kappa shape index (κ1) is 18.8. The van der Waals surface area contributed by atoms with Crippen molar-refractivity contribution in [3.05, 3.63) is 35.4 Å². The van der Waals surface area contributed by atoms with Gasteiger partial charge in [-0.1, -0.05) is 12.1 Å². The maximum Gasteiger partial charge on any atom is 0.409 e. The molecule has 1 aliphatic heterocycles. The minimum atomic E-state index is -0.373. The highest BCUT2D eigenvalue weighted by Gasteiger charge is 2.22. The standard InChI is InChI=1S/C18H24N2O5/c1-24-17(22)15-7-4-14(5-8-15)6-9-16(21)19-10-3-11-20(13-12-19)18(23)25-2/h4-5,7-8H,3,6,9-13H2,1-2H3. The van der Waals surface area contributed by atoms with E-state index in [0.29, 0.717) is 44.6 Å². The second-order valence-corrected chi connectivity index (χ2v) is 5.88. The maximum atomic E-state index is 12.4. The predicted molar refractivity (Wildman–Crippen MR) is 91.3 cm³/mol. The molecule has 25 heavy (non-hydrogen) atoms. The lowest BCUT2D eigenvalue weighted by molar-refractivity contribution is -0.131. The zero-order valence-corrected chi connectivity index (χ0v) is 14.7. The lowest BCUT2D eigenvalue weighted by Crippen LogP contribution is -2.37. The quantitative estimate of drug-likeness (QED) is 0.774. The molecule has 7 nitrogen and oxygen atoms in total. The third-order valence-electron chi connectivity index (χ3n) is 4.28. The van der Waals surface area contributed by atoms with Crippen LogP contribution in [0.5, 0.6) is 0 Å². The van der Waals surface area contributed by atoms with E-state index in [1.165, 1.54) is 14.2 Å². The Hall–Kier alpha value is -2.57. The largest absolute Gasteiger partial charge is 0.465 e. The molecule has 0 spiro atoms. The van der Waals surface area contributed by atoms with Crippen molar-refractivity contribution in [1.82, 2.24) is 9.80 Å². The molecule has 2 amide bonds. The predicted octanol–water partition coefficient (Wildman–Crippen LogP) is 1.71. The molecule has 0 bridgehead atoms. The number of rotatable bonds is 4. The van der Waals surface area contributed by atoms with Crippen molar-refractivity contribution in [3.63, 3.8) is 0 Å².